The first-order valence-corrected chi connectivity index (χ1v) is 21.6. The largest absolute Gasteiger partial charge is 0.340 e. The van der Waals surface area contributed by atoms with Crippen LogP contribution < -0.4 is 11.1 Å². The number of benzene rings is 4. The first-order chi connectivity index (χ1) is 30.3. The van der Waals surface area contributed by atoms with Crippen LogP contribution in [-0.2, 0) is 14.4 Å². The summed E-state index contributed by atoms with van der Waals surface area (Å²) in [6.07, 6.45) is 8.75. The Bertz CT molecular complexity index is 2580. The summed E-state index contributed by atoms with van der Waals surface area (Å²) in [4.78, 5) is 63.2. The number of nitrogens with two attached hydrogens (primary N) is 1. The van der Waals surface area contributed by atoms with E-state index in [2.05, 4.69) is 37.0 Å². The van der Waals surface area contributed by atoms with E-state index in [1.807, 2.05) is 138 Å². The molecule has 3 aliphatic heterocycles. The Morgan fingerprint density at radius 2 is 1.13 bits per heavy atom. The SMILES string of the molecule is CN1CCC[C@@H]1C(=O)N[C@@H](C(=O)N1CCC[C@H]1c1ncc(-c2ccc(C#Cc3ccc(-c4cnc([C@@H]5CCCN5C(=O)[C@H](N)c5ccccc5)[nH]4)cc3)cc2)[nH]1)c1ccccc1. The first kappa shape index (κ1) is 40.6. The van der Waals surface area contributed by atoms with Crippen molar-refractivity contribution in [2.24, 2.45) is 5.73 Å². The number of carbonyl (C=O) groups excluding carboxylic acids is 3. The number of hydrogen-bond donors (Lipinski definition) is 4. The van der Waals surface area contributed by atoms with Gasteiger partial charge in [-0.3, -0.25) is 19.3 Å². The van der Waals surface area contributed by atoms with Crippen LogP contribution in [0.3, 0.4) is 0 Å². The second-order valence-corrected chi connectivity index (χ2v) is 16.5. The summed E-state index contributed by atoms with van der Waals surface area (Å²) < 4.78 is 0. The predicted molar refractivity (Wildman–Crippen MR) is 238 cm³/mol. The van der Waals surface area contributed by atoms with E-state index in [0.29, 0.717) is 13.1 Å². The van der Waals surface area contributed by atoms with Crippen LogP contribution in [0.15, 0.2) is 122 Å². The molecule has 5 N–H and O–H groups in total. The fourth-order valence-corrected chi connectivity index (χ4v) is 9.11. The quantitative estimate of drug-likeness (QED) is 0.110. The second kappa shape index (κ2) is 18.0. The van der Waals surface area contributed by atoms with Crippen LogP contribution in [0.4, 0.5) is 0 Å². The van der Waals surface area contributed by atoms with Crippen molar-refractivity contribution in [1.29, 1.82) is 0 Å². The van der Waals surface area contributed by atoms with Gasteiger partial charge in [0, 0.05) is 24.2 Å². The van der Waals surface area contributed by atoms with Crippen molar-refractivity contribution in [3.8, 4) is 34.4 Å². The van der Waals surface area contributed by atoms with Gasteiger partial charge >= 0.3 is 0 Å². The molecule has 0 spiro atoms. The molecule has 0 aliphatic carbocycles. The summed E-state index contributed by atoms with van der Waals surface area (Å²) in [7, 11) is 1.96. The fourth-order valence-electron chi connectivity index (χ4n) is 9.11. The number of likely N-dealkylation sites (tertiary alicyclic amines) is 3. The van der Waals surface area contributed by atoms with E-state index in [0.717, 1.165) is 101 Å². The van der Waals surface area contributed by atoms with Gasteiger partial charge in [-0.2, -0.15) is 0 Å². The maximum Gasteiger partial charge on any atom is 0.250 e. The molecule has 5 atom stereocenters. The zero-order chi connectivity index (χ0) is 42.6. The molecule has 6 aromatic rings. The van der Waals surface area contributed by atoms with Crippen molar-refractivity contribution >= 4 is 17.7 Å². The van der Waals surface area contributed by atoms with Gasteiger partial charge in [0.05, 0.1) is 41.9 Å². The van der Waals surface area contributed by atoms with Gasteiger partial charge in [-0.25, -0.2) is 9.97 Å². The molecule has 62 heavy (non-hydrogen) atoms. The summed E-state index contributed by atoms with van der Waals surface area (Å²) in [6.45, 7) is 2.12. The van der Waals surface area contributed by atoms with Gasteiger partial charge in [-0.15, -0.1) is 0 Å². The standard InChI is InChI=1S/C50H51N9O3/c1-57-28-8-17-43(57)48(60)56-45(38-13-6-3-7-14-38)50(62)59-30-10-16-42(59)47-53-32-40(55-47)36-26-22-34(23-27-36)19-18-33-20-24-35(25-21-33)39-31-52-46(54-39)41-15-9-29-58(41)49(61)44(51)37-11-4-2-5-12-37/h2-7,11-14,20-27,31-32,41-45H,8-10,15-17,28-30,51H2,1H3,(H,52,54)(H,53,55)(H,56,60)/t41-,42-,43+,44+,45+/m0/s1. The number of likely N-dealkylation sites (N-methyl/N-ethyl adjacent to an activating group) is 1. The van der Waals surface area contributed by atoms with Crippen molar-refractivity contribution in [3.05, 3.63) is 155 Å². The molecule has 3 fully saturated rings. The summed E-state index contributed by atoms with van der Waals surface area (Å²) in [5.41, 5.74) is 13.4. The average Bonchev–Trinajstić information content (AvgIpc) is 4.18. The average molecular weight is 826 g/mol. The fraction of sp³-hybridized carbons (Fsp3) is 0.300. The maximum absolute atomic E-state index is 14.3. The topological polar surface area (TPSA) is 156 Å². The van der Waals surface area contributed by atoms with Crippen LogP contribution in [0.5, 0.6) is 0 Å². The molecule has 0 radical (unpaired) electrons. The number of aromatic amines is 2. The lowest BCUT2D eigenvalue weighted by molar-refractivity contribution is -0.138. The molecular weight excluding hydrogens is 775 g/mol. The molecule has 12 nitrogen and oxygen atoms in total. The number of nitrogens with zero attached hydrogens (tertiary/aromatic N) is 5. The van der Waals surface area contributed by atoms with E-state index in [1.165, 1.54) is 0 Å². The number of H-pyrrole nitrogens is 2. The number of carbonyl (C=O) groups is 3. The minimum absolute atomic E-state index is 0.0879. The smallest absolute Gasteiger partial charge is 0.250 e. The van der Waals surface area contributed by atoms with Gasteiger partial charge < -0.3 is 30.8 Å². The number of rotatable bonds is 10. The van der Waals surface area contributed by atoms with E-state index in [4.69, 9.17) is 10.7 Å². The Labute approximate surface area is 362 Å². The molecule has 4 aromatic carbocycles. The molecule has 314 valence electrons. The van der Waals surface area contributed by atoms with Crippen LogP contribution >= 0.6 is 0 Å². The second-order valence-electron chi connectivity index (χ2n) is 16.5. The minimum Gasteiger partial charge on any atom is -0.340 e. The van der Waals surface area contributed by atoms with Crippen LogP contribution in [0.25, 0.3) is 22.5 Å². The van der Waals surface area contributed by atoms with E-state index in [1.54, 1.807) is 0 Å². The number of aromatic nitrogens is 4. The summed E-state index contributed by atoms with van der Waals surface area (Å²) >= 11 is 0. The summed E-state index contributed by atoms with van der Waals surface area (Å²) in [5.74, 6) is 7.74. The van der Waals surface area contributed by atoms with E-state index < -0.39 is 12.1 Å². The highest BCUT2D eigenvalue weighted by molar-refractivity contribution is 5.91. The summed E-state index contributed by atoms with van der Waals surface area (Å²) in [6, 6.07) is 33.0. The zero-order valence-corrected chi connectivity index (χ0v) is 34.8. The number of nitrogens with one attached hydrogen (secondary N) is 3. The molecule has 0 bridgehead atoms. The highest BCUT2D eigenvalue weighted by atomic mass is 16.2. The first-order valence-electron chi connectivity index (χ1n) is 21.6. The third-order valence-corrected chi connectivity index (χ3v) is 12.6. The Morgan fingerprint density at radius 1 is 0.645 bits per heavy atom. The molecule has 9 rings (SSSR count). The summed E-state index contributed by atoms with van der Waals surface area (Å²) in [5, 5.41) is 3.11. The van der Waals surface area contributed by atoms with Crippen LogP contribution in [0, 0.1) is 11.8 Å². The van der Waals surface area contributed by atoms with Crippen molar-refractivity contribution < 1.29 is 14.4 Å². The van der Waals surface area contributed by atoms with Crippen LogP contribution in [0.2, 0.25) is 0 Å². The number of hydrogen-bond acceptors (Lipinski definition) is 7. The predicted octanol–water partition coefficient (Wildman–Crippen LogP) is 6.85. The Kier molecular flexibility index (Phi) is 11.8. The highest BCUT2D eigenvalue weighted by Crippen LogP contribution is 2.35. The van der Waals surface area contributed by atoms with Gasteiger partial charge in [0.25, 0.3) is 0 Å². The van der Waals surface area contributed by atoms with Gasteiger partial charge in [0.1, 0.15) is 23.7 Å². The highest BCUT2D eigenvalue weighted by Gasteiger charge is 2.39. The van der Waals surface area contributed by atoms with Gasteiger partial charge in [0.2, 0.25) is 17.7 Å². The molecule has 3 amide bonds. The van der Waals surface area contributed by atoms with Crippen molar-refractivity contribution in [1.82, 2.24) is 40.0 Å². The third-order valence-electron chi connectivity index (χ3n) is 12.6. The van der Waals surface area contributed by atoms with Crippen LogP contribution in [-0.4, -0.2) is 85.1 Å². The normalized spacial score (nSPS) is 19.8. The van der Waals surface area contributed by atoms with Crippen molar-refractivity contribution in [3.63, 3.8) is 0 Å². The zero-order valence-electron chi connectivity index (χ0n) is 34.8. The van der Waals surface area contributed by atoms with E-state index in [9.17, 15) is 14.4 Å². The monoisotopic (exact) mass is 825 g/mol. The molecule has 0 saturated carbocycles. The van der Waals surface area contributed by atoms with Crippen LogP contribution in [0.1, 0.15) is 96.6 Å². The molecule has 12 heteroatoms. The lowest BCUT2D eigenvalue weighted by Crippen LogP contribution is -2.48. The van der Waals surface area contributed by atoms with E-state index in [-0.39, 0.29) is 35.8 Å². The third kappa shape index (κ3) is 8.55. The van der Waals surface area contributed by atoms with Gasteiger partial charge in [-0.05, 0) is 98.6 Å². The number of amides is 3. The molecule has 3 saturated heterocycles. The molecule has 3 aliphatic rings. The van der Waals surface area contributed by atoms with Gasteiger partial charge in [-0.1, -0.05) is 96.8 Å². The molecule has 0 unspecified atom stereocenters. The molecule has 2 aromatic heterocycles. The maximum atomic E-state index is 14.3. The molecule has 5 heterocycles. The van der Waals surface area contributed by atoms with Gasteiger partial charge in [0.15, 0.2) is 0 Å². The Balaban J connectivity index is 0.830. The lowest BCUT2D eigenvalue weighted by Gasteiger charge is -2.30. The van der Waals surface area contributed by atoms with Crippen molar-refractivity contribution in [2.45, 2.75) is 68.7 Å². The Morgan fingerprint density at radius 3 is 1.63 bits per heavy atom. The number of imidazole rings is 2. The van der Waals surface area contributed by atoms with E-state index >= 15 is 0 Å². The minimum atomic E-state index is -0.775. The Hall–Kier alpha value is -6.81. The van der Waals surface area contributed by atoms with Crippen molar-refractivity contribution in [2.75, 3.05) is 26.7 Å². The molecular formula is C50H51N9O3. The lowest BCUT2D eigenvalue weighted by atomic mass is 10.0.